The van der Waals surface area contributed by atoms with Crippen molar-refractivity contribution in [1.29, 1.82) is 0 Å². The average molecular weight is 304 g/mol. The molecule has 0 saturated carbocycles. The molecule has 1 aromatic rings. The second kappa shape index (κ2) is 7.95. The first-order valence-corrected chi connectivity index (χ1v) is 8.63. The smallest absolute Gasteiger partial charge is 0.119 e. The fourth-order valence-electron chi connectivity index (χ4n) is 3.53. The minimum atomic E-state index is 0.147. The van der Waals surface area contributed by atoms with Gasteiger partial charge in [-0.2, -0.15) is 0 Å². The maximum absolute atomic E-state index is 9.22. The summed E-state index contributed by atoms with van der Waals surface area (Å²) in [6, 6.07) is 6.41. The van der Waals surface area contributed by atoms with Crippen LogP contribution in [0.15, 0.2) is 18.2 Å². The zero-order valence-electron chi connectivity index (χ0n) is 13.4. The van der Waals surface area contributed by atoms with E-state index in [0.29, 0.717) is 0 Å². The molecule has 1 saturated heterocycles. The van der Waals surface area contributed by atoms with Gasteiger partial charge in [0, 0.05) is 13.1 Å². The van der Waals surface area contributed by atoms with E-state index < -0.39 is 0 Å². The van der Waals surface area contributed by atoms with E-state index in [1.807, 2.05) is 0 Å². The van der Waals surface area contributed by atoms with Crippen LogP contribution in [-0.4, -0.2) is 43.0 Å². The summed E-state index contributed by atoms with van der Waals surface area (Å²) in [4.78, 5) is 2.06. The number of fused-ring (bicyclic) bond motifs is 1. The third kappa shape index (κ3) is 4.22. The first kappa shape index (κ1) is 15.8. The van der Waals surface area contributed by atoms with E-state index in [4.69, 9.17) is 4.74 Å². The Balaban J connectivity index is 1.43. The largest absolute Gasteiger partial charge is 0.494 e. The van der Waals surface area contributed by atoms with Gasteiger partial charge in [-0.1, -0.05) is 6.07 Å². The first-order valence-electron chi connectivity index (χ1n) is 8.63. The van der Waals surface area contributed by atoms with Crippen LogP contribution in [0.3, 0.4) is 0 Å². The Morgan fingerprint density at radius 2 is 2.09 bits per heavy atom. The summed E-state index contributed by atoms with van der Waals surface area (Å²) in [7, 11) is 0. The molecule has 2 heterocycles. The molecule has 4 nitrogen and oxygen atoms in total. The Hall–Kier alpha value is -1.10. The van der Waals surface area contributed by atoms with Crippen LogP contribution >= 0.6 is 0 Å². The Bertz CT molecular complexity index is 472. The van der Waals surface area contributed by atoms with E-state index in [2.05, 4.69) is 28.4 Å². The van der Waals surface area contributed by atoms with E-state index in [1.54, 1.807) is 0 Å². The van der Waals surface area contributed by atoms with Gasteiger partial charge >= 0.3 is 0 Å². The zero-order chi connectivity index (χ0) is 15.2. The molecule has 1 fully saturated rings. The molecule has 122 valence electrons. The molecule has 0 unspecified atom stereocenters. The predicted octanol–water partition coefficient (Wildman–Crippen LogP) is 2.15. The Morgan fingerprint density at radius 3 is 2.91 bits per heavy atom. The molecule has 0 bridgehead atoms. The number of nitrogens with one attached hydrogen (secondary N) is 1. The van der Waals surface area contributed by atoms with Crippen molar-refractivity contribution >= 4 is 0 Å². The minimum Gasteiger partial charge on any atom is -0.494 e. The Labute approximate surface area is 133 Å². The van der Waals surface area contributed by atoms with Crippen LogP contribution in [0.25, 0.3) is 0 Å². The number of aliphatic hydroxyl groups is 1. The van der Waals surface area contributed by atoms with Gasteiger partial charge in [0.2, 0.25) is 0 Å². The third-order valence-corrected chi connectivity index (χ3v) is 4.95. The fourth-order valence-corrected chi connectivity index (χ4v) is 3.53. The molecule has 2 aliphatic rings. The number of aliphatic hydroxyl groups excluding tert-OH is 1. The topological polar surface area (TPSA) is 44.7 Å². The molecule has 0 radical (unpaired) electrons. The molecule has 0 amide bonds. The van der Waals surface area contributed by atoms with Gasteiger partial charge in [0.1, 0.15) is 5.75 Å². The standard InChI is InChI=1S/C18H28N2O2/c21-14-20-10-7-16-12-18(4-3-17(16)13-20)22-11-1-2-15-5-8-19-9-6-15/h3-4,12,15,19,21H,1-2,5-11,13-14H2. The highest BCUT2D eigenvalue weighted by molar-refractivity contribution is 5.37. The van der Waals surface area contributed by atoms with Crippen LogP contribution in [0.2, 0.25) is 0 Å². The number of benzene rings is 1. The van der Waals surface area contributed by atoms with Crippen LogP contribution in [0.1, 0.15) is 36.8 Å². The van der Waals surface area contributed by atoms with Crippen LogP contribution in [-0.2, 0) is 13.0 Å². The average Bonchev–Trinajstić information content (AvgIpc) is 2.59. The van der Waals surface area contributed by atoms with Crippen LogP contribution in [0.5, 0.6) is 5.75 Å². The number of nitrogens with zero attached hydrogens (tertiary/aromatic N) is 1. The summed E-state index contributed by atoms with van der Waals surface area (Å²) in [5.41, 5.74) is 2.70. The van der Waals surface area contributed by atoms with Gasteiger partial charge in [0.15, 0.2) is 0 Å². The summed E-state index contributed by atoms with van der Waals surface area (Å²) in [5, 5.41) is 12.6. The number of ether oxygens (including phenoxy) is 1. The molecule has 2 N–H and O–H groups in total. The van der Waals surface area contributed by atoms with Crippen molar-refractivity contribution in [3.63, 3.8) is 0 Å². The molecule has 0 aromatic heterocycles. The molecular formula is C18H28N2O2. The quantitative estimate of drug-likeness (QED) is 0.791. The molecule has 22 heavy (non-hydrogen) atoms. The molecule has 0 atom stereocenters. The van der Waals surface area contributed by atoms with Crippen molar-refractivity contribution in [2.75, 3.05) is 33.0 Å². The molecule has 0 spiro atoms. The van der Waals surface area contributed by atoms with Crippen LogP contribution < -0.4 is 10.1 Å². The van der Waals surface area contributed by atoms with E-state index in [1.165, 1.54) is 43.5 Å². The molecular weight excluding hydrogens is 276 g/mol. The maximum Gasteiger partial charge on any atom is 0.119 e. The molecule has 2 aliphatic heterocycles. The predicted molar refractivity (Wildman–Crippen MR) is 88.0 cm³/mol. The maximum atomic E-state index is 9.22. The van der Waals surface area contributed by atoms with Crippen LogP contribution in [0.4, 0.5) is 0 Å². The number of hydrogen-bond donors (Lipinski definition) is 2. The highest BCUT2D eigenvalue weighted by atomic mass is 16.5. The second-order valence-electron chi connectivity index (χ2n) is 6.56. The van der Waals surface area contributed by atoms with Gasteiger partial charge in [-0.15, -0.1) is 0 Å². The second-order valence-corrected chi connectivity index (χ2v) is 6.56. The Kier molecular flexibility index (Phi) is 5.70. The number of hydrogen-bond acceptors (Lipinski definition) is 4. The van der Waals surface area contributed by atoms with Crippen molar-refractivity contribution in [2.45, 2.75) is 38.6 Å². The van der Waals surface area contributed by atoms with Gasteiger partial charge in [-0.25, -0.2) is 0 Å². The van der Waals surface area contributed by atoms with E-state index >= 15 is 0 Å². The van der Waals surface area contributed by atoms with Crippen molar-refractivity contribution in [2.24, 2.45) is 5.92 Å². The van der Waals surface area contributed by atoms with Gasteiger partial charge in [-0.3, -0.25) is 4.90 Å². The number of piperidine rings is 1. The number of rotatable bonds is 6. The van der Waals surface area contributed by atoms with Gasteiger partial charge in [-0.05, 0) is 74.4 Å². The van der Waals surface area contributed by atoms with Crippen molar-refractivity contribution in [3.05, 3.63) is 29.3 Å². The summed E-state index contributed by atoms with van der Waals surface area (Å²) in [5.74, 6) is 1.89. The summed E-state index contributed by atoms with van der Waals surface area (Å²) in [6.07, 6.45) is 6.08. The minimum absolute atomic E-state index is 0.147. The van der Waals surface area contributed by atoms with Crippen molar-refractivity contribution in [3.8, 4) is 5.75 Å². The SMILES string of the molecule is OCN1CCc2cc(OCCCC3CCNCC3)ccc2C1. The van der Waals surface area contributed by atoms with Gasteiger partial charge in [0.25, 0.3) is 0 Å². The highest BCUT2D eigenvalue weighted by Gasteiger charge is 2.16. The lowest BCUT2D eigenvalue weighted by molar-refractivity contribution is 0.0957. The summed E-state index contributed by atoms with van der Waals surface area (Å²) in [6.45, 7) is 5.12. The monoisotopic (exact) mass is 304 g/mol. The van der Waals surface area contributed by atoms with Gasteiger partial charge in [0.05, 0.1) is 13.3 Å². The van der Waals surface area contributed by atoms with Crippen LogP contribution in [0, 0.1) is 5.92 Å². The molecule has 3 rings (SSSR count). The van der Waals surface area contributed by atoms with Crippen molar-refractivity contribution in [1.82, 2.24) is 10.2 Å². The van der Waals surface area contributed by atoms with E-state index in [0.717, 1.165) is 44.2 Å². The first-order chi connectivity index (χ1) is 10.8. The molecule has 1 aromatic carbocycles. The highest BCUT2D eigenvalue weighted by Crippen LogP contribution is 2.24. The fraction of sp³-hybridized carbons (Fsp3) is 0.667. The lowest BCUT2D eigenvalue weighted by Gasteiger charge is -2.27. The van der Waals surface area contributed by atoms with E-state index in [-0.39, 0.29) is 6.73 Å². The lowest BCUT2D eigenvalue weighted by Crippen LogP contribution is -2.31. The zero-order valence-corrected chi connectivity index (χ0v) is 13.4. The van der Waals surface area contributed by atoms with Gasteiger partial charge < -0.3 is 15.2 Å². The Morgan fingerprint density at radius 1 is 1.23 bits per heavy atom. The summed E-state index contributed by atoms with van der Waals surface area (Å²) < 4.78 is 5.94. The van der Waals surface area contributed by atoms with E-state index in [9.17, 15) is 5.11 Å². The normalized spacial score (nSPS) is 19.9. The summed E-state index contributed by atoms with van der Waals surface area (Å²) >= 11 is 0. The molecule has 4 heteroatoms. The lowest BCUT2D eigenvalue weighted by atomic mass is 9.93. The molecule has 0 aliphatic carbocycles. The third-order valence-electron chi connectivity index (χ3n) is 4.95. The van der Waals surface area contributed by atoms with Crippen molar-refractivity contribution < 1.29 is 9.84 Å².